The van der Waals surface area contributed by atoms with Crippen LogP contribution in [-0.2, 0) is 9.59 Å². The fourth-order valence-corrected chi connectivity index (χ4v) is 3.70. The number of anilines is 1. The Balaban J connectivity index is 1.91. The van der Waals surface area contributed by atoms with Gasteiger partial charge < -0.3 is 5.11 Å². The van der Waals surface area contributed by atoms with Crippen LogP contribution in [0.4, 0.5) is 5.95 Å². The molecule has 6 nitrogen and oxygen atoms in total. The summed E-state index contributed by atoms with van der Waals surface area (Å²) in [6, 6.07) is 15.7. The summed E-state index contributed by atoms with van der Waals surface area (Å²) in [5.74, 6) is -1.29. The number of aliphatic hydroxyl groups excluding tert-OH is 1. The molecule has 31 heavy (non-hydrogen) atoms. The first-order valence-corrected chi connectivity index (χ1v) is 10.1. The normalized spacial score (nSPS) is 18.1. The molecule has 1 unspecified atom stereocenters. The second-order valence-corrected chi connectivity index (χ2v) is 7.91. The number of amides is 1. The van der Waals surface area contributed by atoms with E-state index in [1.807, 2.05) is 43.3 Å². The minimum absolute atomic E-state index is 0.0265. The van der Waals surface area contributed by atoms with Crippen LogP contribution >= 0.6 is 0 Å². The van der Waals surface area contributed by atoms with Gasteiger partial charge in [-0.3, -0.25) is 14.5 Å². The Morgan fingerprint density at radius 2 is 1.58 bits per heavy atom. The highest BCUT2D eigenvalue weighted by Gasteiger charge is 2.48. The van der Waals surface area contributed by atoms with Gasteiger partial charge in [-0.25, -0.2) is 9.97 Å². The average Bonchev–Trinajstić information content (AvgIpc) is 3.05. The van der Waals surface area contributed by atoms with Crippen LogP contribution in [0.1, 0.15) is 48.1 Å². The van der Waals surface area contributed by atoms with E-state index in [1.165, 1.54) is 17.3 Å². The summed E-state index contributed by atoms with van der Waals surface area (Å²) in [4.78, 5) is 35.7. The molecule has 0 saturated carbocycles. The summed E-state index contributed by atoms with van der Waals surface area (Å²) in [5.41, 5.74) is 3.36. The van der Waals surface area contributed by atoms with Crippen molar-refractivity contribution in [2.75, 3.05) is 4.90 Å². The maximum Gasteiger partial charge on any atom is 0.302 e. The minimum Gasteiger partial charge on any atom is -0.507 e. The topological polar surface area (TPSA) is 83.4 Å². The highest BCUT2D eigenvalue weighted by molar-refractivity contribution is 6.51. The number of carbonyl (C=O) groups excluding carboxylic acids is 2. The Kier molecular flexibility index (Phi) is 5.38. The monoisotopic (exact) mass is 413 g/mol. The number of aryl methyl sites for hydroxylation is 1. The zero-order valence-corrected chi connectivity index (χ0v) is 17.6. The lowest BCUT2D eigenvalue weighted by Gasteiger charge is -2.23. The van der Waals surface area contributed by atoms with E-state index in [9.17, 15) is 14.7 Å². The highest BCUT2D eigenvalue weighted by Crippen LogP contribution is 2.41. The predicted octanol–water partition coefficient (Wildman–Crippen LogP) is 4.53. The first kappa shape index (κ1) is 20.5. The third-order valence-corrected chi connectivity index (χ3v) is 5.46. The molecule has 2 heterocycles. The Morgan fingerprint density at radius 1 is 0.968 bits per heavy atom. The van der Waals surface area contributed by atoms with Gasteiger partial charge in [0.2, 0.25) is 5.95 Å². The molecule has 1 saturated heterocycles. The Morgan fingerprint density at radius 3 is 2.16 bits per heavy atom. The molecule has 0 radical (unpaired) electrons. The van der Waals surface area contributed by atoms with Gasteiger partial charge in [0.05, 0.1) is 11.6 Å². The van der Waals surface area contributed by atoms with Crippen molar-refractivity contribution >= 4 is 23.4 Å². The third kappa shape index (κ3) is 3.72. The summed E-state index contributed by atoms with van der Waals surface area (Å²) < 4.78 is 0. The first-order valence-electron chi connectivity index (χ1n) is 10.1. The number of carbonyl (C=O) groups is 2. The van der Waals surface area contributed by atoms with E-state index >= 15 is 0 Å². The van der Waals surface area contributed by atoms with E-state index < -0.39 is 17.7 Å². The van der Waals surface area contributed by atoms with Gasteiger partial charge in [-0.2, -0.15) is 0 Å². The number of hydrogen-bond acceptors (Lipinski definition) is 5. The molecule has 1 fully saturated rings. The standard InChI is InChI=1S/C25H23N3O3/c1-15(2)17-9-11-18(12-10-17)21-20(22(29)19-7-5-16(3)6-8-19)23(30)24(31)28(21)25-26-13-4-14-27-25/h4-15,21,29H,1-3H3. The number of Topliss-reactive ketones (excluding diaryl/α,β-unsaturated/α-hetero) is 1. The molecule has 1 aromatic heterocycles. The van der Waals surface area contributed by atoms with Crippen molar-refractivity contribution in [1.82, 2.24) is 9.97 Å². The van der Waals surface area contributed by atoms with Gasteiger partial charge in [0.15, 0.2) is 0 Å². The molecule has 1 atom stereocenters. The molecule has 0 bridgehead atoms. The Bertz CT molecular complexity index is 1150. The molecule has 0 spiro atoms. The molecule has 4 rings (SSSR count). The summed E-state index contributed by atoms with van der Waals surface area (Å²) in [6.45, 7) is 6.12. The number of ketones is 1. The van der Waals surface area contributed by atoms with Crippen molar-refractivity contribution in [3.05, 3.63) is 94.8 Å². The second-order valence-electron chi connectivity index (χ2n) is 7.91. The van der Waals surface area contributed by atoms with Crippen molar-refractivity contribution in [3.8, 4) is 0 Å². The summed E-state index contributed by atoms with van der Waals surface area (Å²) in [7, 11) is 0. The van der Waals surface area contributed by atoms with Crippen molar-refractivity contribution < 1.29 is 14.7 Å². The van der Waals surface area contributed by atoms with Crippen molar-refractivity contribution in [2.45, 2.75) is 32.7 Å². The van der Waals surface area contributed by atoms with Crippen LogP contribution in [0.5, 0.6) is 0 Å². The van der Waals surface area contributed by atoms with Crippen LogP contribution in [0.3, 0.4) is 0 Å². The number of hydrogen-bond donors (Lipinski definition) is 1. The van der Waals surface area contributed by atoms with Crippen LogP contribution in [0.2, 0.25) is 0 Å². The number of aromatic nitrogens is 2. The molecule has 2 aromatic carbocycles. The zero-order chi connectivity index (χ0) is 22.1. The maximum absolute atomic E-state index is 13.1. The molecule has 0 aliphatic carbocycles. The van der Waals surface area contributed by atoms with Crippen molar-refractivity contribution in [2.24, 2.45) is 0 Å². The molecule has 3 aromatic rings. The Labute approximate surface area is 180 Å². The molecule has 6 heteroatoms. The Hall–Kier alpha value is -3.80. The molecule has 1 amide bonds. The van der Waals surface area contributed by atoms with E-state index in [1.54, 1.807) is 18.2 Å². The van der Waals surface area contributed by atoms with E-state index in [-0.39, 0.29) is 17.3 Å². The van der Waals surface area contributed by atoms with Crippen LogP contribution in [0.25, 0.3) is 5.76 Å². The lowest BCUT2D eigenvalue weighted by molar-refractivity contribution is -0.132. The molecule has 156 valence electrons. The van der Waals surface area contributed by atoms with Gasteiger partial charge in [-0.05, 0) is 30.0 Å². The second kappa shape index (κ2) is 8.14. The number of aliphatic hydroxyl groups is 1. The smallest absolute Gasteiger partial charge is 0.302 e. The van der Waals surface area contributed by atoms with E-state index in [0.717, 1.165) is 11.1 Å². The van der Waals surface area contributed by atoms with Gasteiger partial charge in [0.25, 0.3) is 5.78 Å². The quantitative estimate of drug-likeness (QED) is 0.386. The van der Waals surface area contributed by atoms with Gasteiger partial charge in [0, 0.05) is 18.0 Å². The SMILES string of the molecule is Cc1ccc(C(O)=C2C(=O)C(=O)N(c3ncccn3)C2c2ccc(C(C)C)cc2)cc1. The molecule has 1 aliphatic rings. The number of nitrogens with zero attached hydrogens (tertiary/aromatic N) is 3. The van der Waals surface area contributed by atoms with Crippen molar-refractivity contribution in [3.63, 3.8) is 0 Å². The fraction of sp³-hybridized carbons (Fsp3) is 0.200. The van der Waals surface area contributed by atoms with Crippen LogP contribution < -0.4 is 4.90 Å². The lowest BCUT2D eigenvalue weighted by Crippen LogP contribution is -2.31. The van der Waals surface area contributed by atoms with E-state index in [2.05, 4.69) is 23.8 Å². The average molecular weight is 413 g/mol. The predicted molar refractivity (Wildman–Crippen MR) is 119 cm³/mol. The van der Waals surface area contributed by atoms with Crippen molar-refractivity contribution in [1.29, 1.82) is 0 Å². The summed E-state index contributed by atoms with van der Waals surface area (Å²) in [6.07, 6.45) is 3.03. The lowest BCUT2D eigenvalue weighted by atomic mass is 9.93. The highest BCUT2D eigenvalue weighted by atomic mass is 16.3. The molecule has 1 N–H and O–H groups in total. The summed E-state index contributed by atoms with van der Waals surface area (Å²) >= 11 is 0. The largest absolute Gasteiger partial charge is 0.507 e. The molecule has 1 aliphatic heterocycles. The van der Waals surface area contributed by atoms with Gasteiger partial charge in [-0.1, -0.05) is 67.9 Å². The molecular weight excluding hydrogens is 390 g/mol. The van der Waals surface area contributed by atoms with Gasteiger partial charge in [0.1, 0.15) is 5.76 Å². The molecular formula is C25H23N3O3. The first-order chi connectivity index (χ1) is 14.9. The van der Waals surface area contributed by atoms with E-state index in [4.69, 9.17) is 0 Å². The van der Waals surface area contributed by atoms with Crippen LogP contribution in [0, 0.1) is 6.92 Å². The van der Waals surface area contributed by atoms with Crippen LogP contribution in [0.15, 0.2) is 72.6 Å². The number of rotatable bonds is 4. The number of benzene rings is 2. The summed E-state index contributed by atoms with van der Waals surface area (Å²) in [5, 5.41) is 11.1. The minimum atomic E-state index is -0.829. The fourth-order valence-electron chi connectivity index (χ4n) is 3.70. The zero-order valence-electron chi connectivity index (χ0n) is 17.6. The maximum atomic E-state index is 13.1. The third-order valence-electron chi connectivity index (χ3n) is 5.46. The van der Waals surface area contributed by atoms with Gasteiger partial charge in [-0.15, -0.1) is 0 Å². The van der Waals surface area contributed by atoms with E-state index in [0.29, 0.717) is 17.0 Å². The van der Waals surface area contributed by atoms with Gasteiger partial charge >= 0.3 is 5.91 Å². The van der Waals surface area contributed by atoms with Crippen LogP contribution in [-0.4, -0.2) is 26.8 Å².